The lowest BCUT2D eigenvalue weighted by atomic mass is 10.1. The molecule has 0 spiro atoms. The zero-order valence-corrected chi connectivity index (χ0v) is 15.6. The molecule has 2 aromatic carbocycles. The number of benzene rings is 2. The highest BCUT2D eigenvalue weighted by molar-refractivity contribution is 5.88. The highest BCUT2D eigenvalue weighted by Crippen LogP contribution is 2.20. The first-order chi connectivity index (χ1) is 13.2. The van der Waals surface area contributed by atoms with Gasteiger partial charge >= 0.3 is 5.97 Å². The van der Waals surface area contributed by atoms with Crippen molar-refractivity contribution in [1.29, 1.82) is 0 Å². The van der Waals surface area contributed by atoms with E-state index in [0.29, 0.717) is 18.8 Å². The van der Waals surface area contributed by atoms with Crippen molar-refractivity contribution in [3.05, 3.63) is 59.7 Å². The third kappa shape index (κ3) is 5.21. The number of hydrogen-bond acceptors (Lipinski definition) is 5. The SMILES string of the molecule is COc1cccc(CCNC[C@@H]2COCCN2c2ccc(C(=O)O)cc2)c1. The van der Waals surface area contributed by atoms with E-state index in [9.17, 15) is 4.79 Å². The first kappa shape index (κ1) is 19.2. The molecule has 1 aliphatic rings. The quantitative estimate of drug-likeness (QED) is 0.696. The molecule has 0 radical (unpaired) electrons. The van der Waals surface area contributed by atoms with E-state index in [1.54, 1.807) is 19.2 Å². The number of nitrogens with zero attached hydrogens (tertiary/aromatic N) is 1. The molecule has 2 N–H and O–H groups in total. The second kappa shape index (κ2) is 9.39. The fourth-order valence-corrected chi connectivity index (χ4v) is 3.29. The van der Waals surface area contributed by atoms with Crippen LogP contribution in [0.4, 0.5) is 5.69 Å². The van der Waals surface area contributed by atoms with E-state index in [0.717, 1.165) is 37.5 Å². The second-order valence-corrected chi connectivity index (χ2v) is 6.58. The maximum absolute atomic E-state index is 11.0. The average molecular weight is 370 g/mol. The molecule has 1 atom stereocenters. The van der Waals surface area contributed by atoms with E-state index < -0.39 is 5.97 Å². The van der Waals surface area contributed by atoms with E-state index in [1.165, 1.54) is 5.56 Å². The summed E-state index contributed by atoms with van der Waals surface area (Å²) >= 11 is 0. The average Bonchev–Trinajstić information content (AvgIpc) is 2.72. The Morgan fingerprint density at radius 2 is 2.11 bits per heavy atom. The summed E-state index contributed by atoms with van der Waals surface area (Å²) in [5.74, 6) is -0.0246. The Labute approximate surface area is 159 Å². The number of aromatic carboxylic acids is 1. The van der Waals surface area contributed by atoms with Gasteiger partial charge in [-0.2, -0.15) is 0 Å². The largest absolute Gasteiger partial charge is 0.497 e. The van der Waals surface area contributed by atoms with Crippen LogP contribution in [-0.2, 0) is 11.2 Å². The highest BCUT2D eigenvalue weighted by Gasteiger charge is 2.23. The highest BCUT2D eigenvalue weighted by atomic mass is 16.5. The van der Waals surface area contributed by atoms with Crippen LogP contribution in [0.15, 0.2) is 48.5 Å². The van der Waals surface area contributed by atoms with Crippen molar-refractivity contribution in [2.75, 3.05) is 44.9 Å². The van der Waals surface area contributed by atoms with Gasteiger partial charge in [-0.05, 0) is 54.9 Å². The Balaban J connectivity index is 1.53. The minimum Gasteiger partial charge on any atom is -0.497 e. The molecule has 0 unspecified atom stereocenters. The van der Waals surface area contributed by atoms with Crippen molar-refractivity contribution in [2.45, 2.75) is 12.5 Å². The summed E-state index contributed by atoms with van der Waals surface area (Å²) in [7, 11) is 1.68. The van der Waals surface area contributed by atoms with Crippen molar-refractivity contribution in [2.24, 2.45) is 0 Å². The number of rotatable bonds is 8. The number of morpholine rings is 1. The van der Waals surface area contributed by atoms with Crippen LogP contribution in [0.25, 0.3) is 0 Å². The third-order valence-electron chi connectivity index (χ3n) is 4.78. The number of methoxy groups -OCH3 is 1. The van der Waals surface area contributed by atoms with Crippen LogP contribution in [-0.4, -0.2) is 57.1 Å². The molecule has 3 rings (SSSR count). The summed E-state index contributed by atoms with van der Waals surface area (Å²) in [4.78, 5) is 13.3. The minimum atomic E-state index is -0.903. The molecule has 0 bridgehead atoms. The summed E-state index contributed by atoms with van der Waals surface area (Å²) in [5.41, 5.74) is 2.57. The Morgan fingerprint density at radius 1 is 1.30 bits per heavy atom. The Hall–Kier alpha value is -2.57. The molecule has 0 amide bonds. The summed E-state index contributed by atoms with van der Waals surface area (Å²) in [6.07, 6.45) is 0.929. The number of hydrogen-bond donors (Lipinski definition) is 2. The predicted molar refractivity (Wildman–Crippen MR) is 105 cm³/mol. The van der Waals surface area contributed by atoms with Crippen LogP contribution in [0.2, 0.25) is 0 Å². The molecule has 0 aromatic heterocycles. The second-order valence-electron chi connectivity index (χ2n) is 6.58. The molecule has 0 aliphatic carbocycles. The maximum atomic E-state index is 11.0. The zero-order chi connectivity index (χ0) is 19.1. The van der Waals surface area contributed by atoms with E-state index >= 15 is 0 Å². The van der Waals surface area contributed by atoms with Gasteiger partial charge in [0.25, 0.3) is 0 Å². The number of carboxylic acids is 1. The molecule has 1 heterocycles. The molecule has 1 aliphatic heterocycles. The van der Waals surface area contributed by atoms with Gasteiger partial charge in [0.1, 0.15) is 5.75 Å². The lowest BCUT2D eigenvalue weighted by molar-refractivity contribution is 0.0696. The number of ether oxygens (including phenoxy) is 2. The molecular formula is C21H26N2O4. The van der Waals surface area contributed by atoms with Crippen molar-refractivity contribution < 1.29 is 19.4 Å². The van der Waals surface area contributed by atoms with E-state index in [1.807, 2.05) is 24.3 Å². The van der Waals surface area contributed by atoms with Crippen molar-refractivity contribution >= 4 is 11.7 Å². The topological polar surface area (TPSA) is 71.0 Å². The molecule has 1 saturated heterocycles. The molecule has 144 valence electrons. The molecule has 2 aromatic rings. The lowest BCUT2D eigenvalue weighted by Crippen LogP contribution is -2.50. The molecule has 0 saturated carbocycles. The maximum Gasteiger partial charge on any atom is 0.335 e. The van der Waals surface area contributed by atoms with Crippen molar-refractivity contribution in [1.82, 2.24) is 5.32 Å². The van der Waals surface area contributed by atoms with Gasteiger partial charge in [0.2, 0.25) is 0 Å². The van der Waals surface area contributed by atoms with Crippen LogP contribution in [0, 0.1) is 0 Å². The van der Waals surface area contributed by atoms with E-state index in [-0.39, 0.29) is 6.04 Å². The molecule has 6 nitrogen and oxygen atoms in total. The normalized spacial score (nSPS) is 16.9. The van der Waals surface area contributed by atoms with Crippen molar-refractivity contribution in [3.8, 4) is 5.75 Å². The standard InChI is InChI=1S/C21H26N2O4/c1-26-20-4-2-3-16(13-20)9-10-22-14-19-15-27-12-11-23(19)18-7-5-17(6-8-18)21(24)25/h2-8,13,19,22H,9-12,14-15H2,1H3,(H,24,25)/t19-/m1/s1. The van der Waals surface area contributed by atoms with Gasteiger partial charge in [-0.1, -0.05) is 12.1 Å². The summed E-state index contributed by atoms with van der Waals surface area (Å²) in [5, 5.41) is 12.6. The van der Waals surface area contributed by atoms with Crippen LogP contribution in [0.3, 0.4) is 0 Å². The predicted octanol–water partition coefficient (Wildman–Crippen LogP) is 2.43. The van der Waals surface area contributed by atoms with Crippen LogP contribution < -0.4 is 15.0 Å². The zero-order valence-electron chi connectivity index (χ0n) is 15.6. The van der Waals surface area contributed by atoms with Gasteiger partial charge in [0.15, 0.2) is 0 Å². The van der Waals surface area contributed by atoms with Gasteiger partial charge in [0.05, 0.1) is 31.9 Å². The van der Waals surface area contributed by atoms with Gasteiger partial charge in [0, 0.05) is 18.8 Å². The summed E-state index contributed by atoms with van der Waals surface area (Å²) < 4.78 is 10.9. The number of carbonyl (C=O) groups is 1. The van der Waals surface area contributed by atoms with Crippen LogP contribution in [0.1, 0.15) is 15.9 Å². The fourth-order valence-electron chi connectivity index (χ4n) is 3.29. The fraction of sp³-hybridized carbons (Fsp3) is 0.381. The third-order valence-corrected chi connectivity index (χ3v) is 4.78. The Morgan fingerprint density at radius 3 is 2.85 bits per heavy atom. The van der Waals surface area contributed by atoms with Crippen LogP contribution in [0.5, 0.6) is 5.75 Å². The van der Waals surface area contributed by atoms with Crippen molar-refractivity contribution in [3.63, 3.8) is 0 Å². The smallest absolute Gasteiger partial charge is 0.335 e. The van der Waals surface area contributed by atoms with Gasteiger partial charge in [-0.15, -0.1) is 0 Å². The molecule has 1 fully saturated rings. The number of carboxylic acid groups (broad SMARTS) is 1. The molecular weight excluding hydrogens is 344 g/mol. The van der Waals surface area contributed by atoms with E-state index in [4.69, 9.17) is 14.6 Å². The number of anilines is 1. The first-order valence-electron chi connectivity index (χ1n) is 9.19. The molecule has 27 heavy (non-hydrogen) atoms. The Bertz CT molecular complexity index is 748. The van der Waals surface area contributed by atoms with Gasteiger partial charge < -0.3 is 24.8 Å². The van der Waals surface area contributed by atoms with Gasteiger partial charge in [-0.25, -0.2) is 4.79 Å². The summed E-state index contributed by atoms with van der Waals surface area (Å²) in [6, 6.07) is 15.4. The van der Waals surface area contributed by atoms with E-state index in [2.05, 4.69) is 22.3 Å². The Kier molecular flexibility index (Phi) is 6.68. The molecule has 6 heteroatoms. The lowest BCUT2D eigenvalue weighted by Gasteiger charge is -2.37. The monoisotopic (exact) mass is 370 g/mol. The first-order valence-corrected chi connectivity index (χ1v) is 9.19. The van der Waals surface area contributed by atoms with Crippen LogP contribution >= 0.6 is 0 Å². The summed E-state index contributed by atoms with van der Waals surface area (Å²) in [6.45, 7) is 3.82. The number of nitrogens with one attached hydrogen (secondary N) is 1. The minimum absolute atomic E-state index is 0.222. The van der Waals surface area contributed by atoms with Gasteiger partial charge in [-0.3, -0.25) is 0 Å².